The van der Waals surface area contributed by atoms with Crippen LogP contribution in [-0.2, 0) is 5.41 Å². The van der Waals surface area contributed by atoms with Gasteiger partial charge in [-0.1, -0.05) is 42.1 Å². The molecule has 26 heavy (non-hydrogen) atoms. The van der Waals surface area contributed by atoms with Crippen molar-refractivity contribution in [2.45, 2.75) is 44.9 Å². The number of nitrogens with zero attached hydrogens (tertiary/aromatic N) is 2. The predicted octanol–water partition coefficient (Wildman–Crippen LogP) is 4.22. The van der Waals surface area contributed by atoms with Gasteiger partial charge in [-0.15, -0.1) is 0 Å². The average Bonchev–Trinajstić information content (AvgIpc) is 3.01. The lowest BCUT2D eigenvalue weighted by molar-refractivity contribution is 0.0941. The van der Waals surface area contributed by atoms with Crippen molar-refractivity contribution < 1.29 is 4.79 Å². The Labute approximate surface area is 163 Å². The maximum Gasteiger partial charge on any atom is 0.255 e. The molecule has 7 heteroatoms. The predicted molar refractivity (Wildman–Crippen MR) is 105 cm³/mol. The molecule has 1 amide bonds. The van der Waals surface area contributed by atoms with E-state index in [0.717, 1.165) is 31.2 Å². The highest BCUT2D eigenvalue weighted by Gasteiger charge is 2.37. The number of carbonyl (C=O) groups excluding carboxylic acids is 1. The van der Waals surface area contributed by atoms with E-state index in [9.17, 15) is 4.79 Å². The van der Waals surface area contributed by atoms with Crippen molar-refractivity contribution in [2.24, 2.45) is 0 Å². The van der Waals surface area contributed by atoms with Crippen LogP contribution in [0.15, 0.2) is 18.2 Å². The quantitative estimate of drug-likeness (QED) is 0.815. The van der Waals surface area contributed by atoms with Crippen LogP contribution in [0.25, 0.3) is 0 Å². The zero-order valence-corrected chi connectivity index (χ0v) is 16.4. The van der Waals surface area contributed by atoms with E-state index in [2.05, 4.69) is 15.3 Å². The van der Waals surface area contributed by atoms with E-state index in [0.29, 0.717) is 33.5 Å². The van der Waals surface area contributed by atoms with E-state index < -0.39 is 0 Å². The van der Waals surface area contributed by atoms with Gasteiger partial charge in [0.2, 0.25) is 5.95 Å². The van der Waals surface area contributed by atoms with Crippen LogP contribution in [0.2, 0.25) is 10.0 Å². The van der Waals surface area contributed by atoms with E-state index >= 15 is 0 Å². The summed E-state index contributed by atoms with van der Waals surface area (Å²) in [6.07, 6.45) is 4.17. The second-order valence-electron chi connectivity index (χ2n) is 6.92. The highest BCUT2D eigenvalue weighted by atomic mass is 35.5. The number of nitrogens with two attached hydrogens (primary N) is 1. The van der Waals surface area contributed by atoms with Gasteiger partial charge in [0.25, 0.3) is 5.91 Å². The Balaban J connectivity index is 1.85. The third-order valence-corrected chi connectivity index (χ3v) is 5.71. The van der Waals surface area contributed by atoms with Gasteiger partial charge >= 0.3 is 0 Å². The molecule has 1 aliphatic rings. The number of hydrogen-bond acceptors (Lipinski definition) is 4. The molecular weight excluding hydrogens is 371 g/mol. The lowest BCUT2D eigenvalue weighted by Gasteiger charge is -2.31. The van der Waals surface area contributed by atoms with E-state index in [1.807, 2.05) is 12.1 Å². The van der Waals surface area contributed by atoms with Gasteiger partial charge in [-0.2, -0.15) is 0 Å². The zero-order valence-electron chi connectivity index (χ0n) is 14.9. The molecule has 1 saturated carbocycles. The summed E-state index contributed by atoms with van der Waals surface area (Å²) < 4.78 is 0. The van der Waals surface area contributed by atoms with Gasteiger partial charge in [0.05, 0.1) is 17.0 Å². The Morgan fingerprint density at radius 3 is 2.38 bits per heavy atom. The molecule has 0 spiro atoms. The summed E-state index contributed by atoms with van der Waals surface area (Å²) in [6, 6.07) is 5.60. The standard InChI is InChI=1S/C19H22Cl2N4O/c1-11-16(12(2)25-18(22)24-11)17(26)23-10-19(7-3-4-8-19)14-6-5-13(20)9-15(14)21/h5-6,9H,3-4,7-8,10H2,1-2H3,(H,23,26)(H2,22,24,25). The summed E-state index contributed by atoms with van der Waals surface area (Å²) in [5.74, 6) is -0.00637. The number of benzene rings is 1. The fourth-order valence-electron chi connectivity index (χ4n) is 3.92. The summed E-state index contributed by atoms with van der Waals surface area (Å²) in [5, 5.41) is 4.33. The third-order valence-electron chi connectivity index (χ3n) is 5.17. The monoisotopic (exact) mass is 392 g/mol. The number of amides is 1. The molecule has 2 aromatic rings. The first-order chi connectivity index (χ1) is 12.3. The maximum absolute atomic E-state index is 12.8. The van der Waals surface area contributed by atoms with Crippen molar-refractivity contribution in [2.75, 3.05) is 12.3 Å². The van der Waals surface area contributed by atoms with Crippen molar-refractivity contribution >= 4 is 35.1 Å². The SMILES string of the molecule is Cc1nc(N)nc(C)c1C(=O)NCC1(c2ccc(Cl)cc2Cl)CCCC1. The number of halogens is 2. The Hall–Kier alpha value is -1.85. The van der Waals surface area contributed by atoms with Crippen LogP contribution >= 0.6 is 23.2 Å². The lowest BCUT2D eigenvalue weighted by atomic mass is 9.78. The molecule has 138 valence electrons. The van der Waals surface area contributed by atoms with Gasteiger partial charge in [0, 0.05) is 22.0 Å². The highest BCUT2D eigenvalue weighted by molar-refractivity contribution is 6.35. The van der Waals surface area contributed by atoms with Gasteiger partial charge < -0.3 is 11.1 Å². The molecule has 1 aliphatic carbocycles. The summed E-state index contributed by atoms with van der Waals surface area (Å²) >= 11 is 12.5. The zero-order chi connectivity index (χ0) is 18.9. The topological polar surface area (TPSA) is 80.9 Å². The Morgan fingerprint density at radius 2 is 1.81 bits per heavy atom. The van der Waals surface area contributed by atoms with Crippen LogP contribution < -0.4 is 11.1 Å². The molecule has 5 nitrogen and oxygen atoms in total. The van der Waals surface area contributed by atoms with Crippen LogP contribution in [-0.4, -0.2) is 22.4 Å². The van der Waals surface area contributed by atoms with Crippen LogP contribution in [0.4, 0.5) is 5.95 Å². The molecule has 1 fully saturated rings. The van der Waals surface area contributed by atoms with E-state index in [-0.39, 0.29) is 17.3 Å². The summed E-state index contributed by atoms with van der Waals surface area (Å²) in [7, 11) is 0. The number of hydrogen-bond donors (Lipinski definition) is 2. The van der Waals surface area contributed by atoms with E-state index in [1.165, 1.54) is 0 Å². The molecule has 0 aliphatic heterocycles. The second kappa shape index (κ2) is 7.41. The molecule has 3 rings (SSSR count). The number of rotatable bonds is 4. The molecule has 0 bridgehead atoms. The van der Waals surface area contributed by atoms with Gasteiger partial charge in [-0.25, -0.2) is 9.97 Å². The van der Waals surface area contributed by atoms with Gasteiger partial charge in [0.15, 0.2) is 0 Å². The molecule has 0 unspecified atom stereocenters. The average molecular weight is 393 g/mol. The second-order valence-corrected chi connectivity index (χ2v) is 7.77. The van der Waals surface area contributed by atoms with Crippen LogP contribution in [0.1, 0.15) is 53.0 Å². The lowest BCUT2D eigenvalue weighted by Crippen LogP contribution is -2.39. The van der Waals surface area contributed by atoms with E-state index in [4.69, 9.17) is 28.9 Å². The Bertz CT molecular complexity index is 824. The number of carbonyl (C=O) groups is 1. The van der Waals surface area contributed by atoms with Crippen molar-refractivity contribution in [3.05, 3.63) is 50.8 Å². The maximum atomic E-state index is 12.8. The summed E-state index contributed by atoms with van der Waals surface area (Å²) in [6.45, 7) is 4.04. The number of nitrogen functional groups attached to an aromatic ring is 1. The molecule has 0 atom stereocenters. The highest BCUT2D eigenvalue weighted by Crippen LogP contribution is 2.44. The molecule has 1 aromatic carbocycles. The Morgan fingerprint density at radius 1 is 1.19 bits per heavy atom. The Kier molecular flexibility index (Phi) is 5.39. The smallest absolute Gasteiger partial charge is 0.255 e. The fourth-order valence-corrected chi connectivity index (χ4v) is 4.53. The van der Waals surface area contributed by atoms with Crippen molar-refractivity contribution in [3.63, 3.8) is 0 Å². The molecule has 1 aromatic heterocycles. The molecule has 0 saturated heterocycles. The van der Waals surface area contributed by atoms with E-state index in [1.54, 1.807) is 19.9 Å². The van der Waals surface area contributed by atoms with Gasteiger partial charge in [-0.3, -0.25) is 4.79 Å². The normalized spacial score (nSPS) is 15.8. The number of anilines is 1. The fraction of sp³-hybridized carbons (Fsp3) is 0.421. The molecule has 0 radical (unpaired) electrons. The van der Waals surface area contributed by atoms with Gasteiger partial charge in [-0.05, 0) is 44.4 Å². The number of nitrogens with one attached hydrogen (secondary N) is 1. The summed E-state index contributed by atoms with van der Waals surface area (Å²) in [5.41, 5.74) is 8.16. The molecule has 3 N–H and O–H groups in total. The number of aromatic nitrogens is 2. The number of aryl methyl sites for hydroxylation is 2. The largest absolute Gasteiger partial charge is 0.368 e. The van der Waals surface area contributed by atoms with Crippen molar-refractivity contribution in [3.8, 4) is 0 Å². The van der Waals surface area contributed by atoms with Crippen LogP contribution in [0.5, 0.6) is 0 Å². The minimum atomic E-state index is -0.184. The van der Waals surface area contributed by atoms with Crippen molar-refractivity contribution in [1.29, 1.82) is 0 Å². The molecule has 1 heterocycles. The summed E-state index contributed by atoms with van der Waals surface area (Å²) in [4.78, 5) is 21.0. The van der Waals surface area contributed by atoms with Crippen LogP contribution in [0.3, 0.4) is 0 Å². The van der Waals surface area contributed by atoms with Crippen LogP contribution in [0, 0.1) is 13.8 Å². The first-order valence-electron chi connectivity index (χ1n) is 8.67. The minimum absolute atomic E-state index is 0.173. The first-order valence-corrected chi connectivity index (χ1v) is 9.42. The first kappa shape index (κ1) is 18.9. The van der Waals surface area contributed by atoms with Crippen molar-refractivity contribution in [1.82, 2.24) is 15.3 Å². The third kappa shape index (κ3) is 3.64. The van der Waals surface area contributed by atoms with Gasteiger partial charge in [0.1, 0.15) is 0 Å². The minimum Gasteiger partial charge on any atom is -0.368 e. The molecular formula is C19H22Cl2N4O.